The Morgan fingerprint density at radius 2 is 2.24 bits per heavy atom. The molecule has 0 bridgehead atoms. The second-order valence-electron chi connectivity index (χ2n) is 4.19. The lowest BCUT2D eigenvalue weighted by molar-refractivity contribution is 0.0765. The van der Waals surface area contributed by atoms with E-state index in [0.29, 0.717) is 10.6 Å². The fraction of sp³-hybridized carbons (Fsp3) is 0.308. The van der Waals surface area contributed by atoms with E-state index >= 15 is 0 Å². The number of halogens is 2. The van der Waals surface area contributed by atoms with E-state index in [1.165, 1.54) is 5.57 Å². The molecule has 4 heteroatoms. The van der Waals surface area contributed by atoms with Crippen molar-refractivity contribution in [2.75, 3.05) is 13.1 Å². The van der Waals surface area contributed by atoms with E-state index in [-0.39, 0.29) is 5.91 Å². The zero-order chi connectivity index (χ0) is 12.4. The molecule has 0 spiro atoms. The first-order valence-corrected chi connectivity index (χ1v) is 6.93. The number of amides is 1. The van der Waals surface area contributed by atoms with Gasteiger partial charge in [0.1, 0.15) is 0 Å². The summed E-state index contributed by atoms with van der Waals surface area (Å²) in [5, 5.41) is 0.609. The van der Waals surface area contributed by atoms with Crippen LogP contribution in [0.15, 0.2) is 29.8 Å². The predicted molar refractivity (Wildman–Crippen MR) is 78.4 cm³/mol. The van der Waals surface area contributed by atoms with Crippen LogP contribution in [0.5, 0.6) is 0 Å². The third-order valence-electron chi connectivity index (χ3n) is 2.78. The molecule has 0 fully saturated rings. The number of rotatable bonds is 1. The third-order valence-corrected chi connectivity index (χ3v) is 3.95. The minimum absolute atomic E-state index is 0.0735. The van der Waals surface area contributed by atoms with Crippen LogP contribution in [-0.4, -0.2) is 23.9 Å². The first-order valence-electron chi connectivity index (χ1n) is 5.48. The summed E-state index contributed by atoms with van der Waals surface area (Å²) in [5.41, 5.74) is 1.95. The van der Waals surface area contributed by atoms with Gasteiger partial charge < -0.3 is 4.90 Å². The Balaban J connectivity index is 2.25. The van der Waals surface area contributed by atoms with E-state index in [0.717, 1.165) is 23.1 Å². The van der Waals surface area contributed by atoms with Crippen LogP contribution in [0, 0.1) is 3.57 Å². The molecular weight excluding hydrogens is 349 g/mol. The molecule has 0 unspecified atom stereocenters. The van der Waals surface area contributed by atoms with Crippen LogP contribution in [0.2, 0.25) is 5.02 Å². The molecule has 90 valence electrons. The van der Waals surface area contributed by atoms with Gasteiger partial charge in [0.25, 0.3) is 5.91 Å². The fourth-order valence-corrected chi connectivity index (χ4v) is 2.65. The Morgan fingerprint density at radius 3 is 2.94 bits per heavy atom. The molecule has 0 atom stereocenters. The molecule has 1 aliphatic rings. The van der Waals surface area contributed by atoms with Gasteiger partial charge in [0.05, 0.1) is 5.56 Å². The lowest BCUT2D eigenvalue weighted by Gasteiger charge is -2.26. The van der Waals surface area contributed by atoms with Crippen LogP contribution in [0.25, 0.3) is 0 Å². The quantitative estimate of drug-likeness (QED) is 0.551. The van der Waals surface area contributed by atoms with E-state index in [9.17, 15) is 4.79 Å². The molecular formula is C13H13ClINO. The molecule has 2 nitrogen and oxygen atoms in total. The van der Waals surface area contributed by atoms with Crippen LogP contribution in [0.4, 0.5) is 0 Å². The summed E-state index contributed by atoms with van der Waals surface area (Å²) in [5.74, 6) is 0.0735. The largest absolute Gasteiger partial charge is 0.334 e. The number of carbonyl (C=O) groups excluding carboxylic acids is 1. The smallest absolute Gasteiger partial charge is 0.255 e. The van der Waals surface area contributed by atoms with Gasteiger partial charge in [-0.2, -0.15) is 0 Å². The third kappa shape index (κ3) is 3.01. The SMILES string of the molecule is CC1=CCCN(C(=O)c2cc(Cl)ccc2I)C1. The van der Waals surface area contributed by atoms with Gasteiger partial charge in [0.2, 0.25) is 0 Å². The molecule has 0 aromatic heterocycles. The number of nitrogens with zero attached hydrogens (tertiary/aromatic N) is 1. The molecule has 2 rings (SSSR count). The number of hydrogen-bond acceptors (Lipinski definition) is 1. The first-order chi connectivity index (χ1) is 8.08. The van der Waals surface area contributed by atoms with Gasteiger partial charge in [-0.3, -0.25) is 4.79 Å². The standard InChI is InChI=1S/C13H13ClINO/c1-9-3-2-6-16(8-9)13(17)11-7-10(14)4-5-12(11)15/h3-5,7H,2,6,8H2,1H3. The van der Waals surface area contributed by atoms with E-state index in [1.807, 2.05) is 17.0 Å². The summed E-state index contributed by atoms with van der Waals surface area (Å²) in [6, 6.07) is 5.43. The summed E-state index contributed by atoms with van der Waals surface area (Å²) >= 11 is 8.12. The van der Waals surface area contributed by atoms with E-state index < -0.39 is 0 Å². The van der Waals surface area contributed by atoms with Crippen molar-refractivity contribution in [2.24, 2.45) is 0 Å². The molecule has 1 aromatic carbocycles. The normalized spacial score (nSPS) is 15.7. The molecule has 1 aromatic rings. The topological polar surface area (TPSA) is 20.3 Å². The monoisotopic (exact) mass is 361 g/mol. The Kier molecular flexibility index (Phi) is 4.09. The predicted octanol–water partition coefficient (Wildman–Crippen LogP) is 3.74. The second-order valence-corrected chi connectivity index (χ2v) is 5.79. The molecule has 0 radical (unpaired) electrons. The van der Waals surface area contributed by atoms with E-state index in [2.05, 4.69) is 35.6 Å². The van der Waals surface area contributed by atoms with Gasteiger partial charge >= 0.3 is 0 Å². The molecule has 0 saturated carbocycles. The Morgan fingerprint density at radius 1 is 1.47 bits per heavy atom. The minimum atomic E-state index is 0.0735. The average molecular weight is 362 g/mol. The van der Waals surface area contributed by atoms with Gasteiger partial charge in [0, 0.05) is 21.7 Å². The molecule has 1 amide bonds. The molecule has 0 saturated heterocycles. The lowest BCUT2D eigenvalue weighted by Crippen LogP contribution is -2.35. The number of carbonyl (C=O) groups is 1. The average Bonchev–Trinajstić information content (AvgIpc) is 2.31. The highest BCUT2D eigenvalue weighted by atomic mass is 127. The summed E-state index contributed by atoms with van der Waals surface area (Å²) in [6.45, 7) is 3.57. The van der Waals surface area contributed by atoms with Crippen molar-refractivity contribution in [2.45, 2.75) is 13.3 Å². The van der Waals surface area contributed by atoms with Crippen LogP contribution >= 0.6 is 34.2 Å². The van der Waals surface area contributed by atoms with E-state index in [1.54, 1.807) is 6.07 Å². The van der Waals surface area contributed by atoms with Crippen LogP contribution in [0.3, 0.4) is 0 Å². The Hall–Kier alpha value is -0.550. The maximum absolute atomic E-state index is 12.4. The van der Waals surface area contributed by atoms with Crippen molar-refractivity contribution in [3.63, 3.8) is 0 Å². The Bertz CT molecular complexity index is 484. The first kappa shape index (κ1) is 12.9. The van der Waals surface area contributed by atoms with Crippen molar-refractivity contribution in [3.05, 3.63) is 44.0 Å². The van der Waals surface area contributed by atoms with Crippen molar-refractivity contribution in [1.82, 2.24) is 4.90 Å². The van der Waals surface area contributed by atoms with Crippen molar-refractivity contribution in [1.29, 1.82) is 0 Å². The highest BCUT2D eigenvalue weighted by molar-refractivity contribution is 14.1. The van der Waals surface area contributed by atoms with Gasteiger partial charge in [-0.1, -0.05) is 23.3 Å². The zero-order valence-corrected chi connectivity index (χ0v) is 12.5. The minimum Gasteiger partial charge on any atom is -0.334 e. The summed E-state index contributed by atoms with van der Waals surface area (Å²) in [4.78, 5) is 14.2. The Labute approximate surface area is 120 Å². The van der Waals surface area contributed by atoms with Crippen molar-refractivity contribution in [3.8, 4) is 0 Å². The van der Waals surface area contributed by atoms with Gasteiger partial charge in [-0.05, 0) is 54.1 Å². The number of benzene rings is 1. The summed E-state index contributed by atoms with van der Waals surface area (Å²) in [6.07, 6.45) is 3.13. The highest BCUT2D eigenvalue weighted by Crippen LogP contribution is 2.21. The van der Waals surface area contributed by atoms with Crippen LogP contribution in [0.1, 0.15) is 23.7 Å². The molecule has 0 N–H and O–H groups in total. The molecule has 0 aliphatic carbocycles. The molecule has 1 aliphatic heterocycles. The van der Waals surface area contributed by atoms with Gasteiger partial charge in [-0.25, -0.2) is 0 Å². The molecule has 1 heterocycles. The highest BCUT2D eigenvalue weighted by Gasteiger charge is 2.20. The van der Waals surface area contributed by atoms with Crippen molar-refractivity contribution >= 4 is 40.1 Å². The maximum Gasteiger partial charge on any atom is 0.255 e. The second kappa shape index (κ2) is 5.40. The maximum atomic E-state index is 12.4. The summed E-state index contributed by atoms with van der Waals surface area (Å²) < 4.78 is 0.948. The van der Waals surface area contributed by atoms with Crippen molar-refractivity contribution < 1.29 is 4.79 Å². The lowest BCUT2D eigenvalue weighted by atomic mass is 10.1. The fourth-order valence-electron chi connectivity index (χ4n) is 1.92. The number of hydrogen-bond donors (Lipinski definition) is 0. The van der Waals surface area contributed by atoms with Crippen LogP contribution < -0.4 is 0 Å². The van der Waals surface area contributed by atoms with E-state index in [4.69, 9.17) is 11.6 Å². The van der Waals surface area contributed by atoms with Gasteiger partial charge in [-0.15, -0.1) is 0 Å². The zero-order valence-electron chi connectivity index (χ0n) is 9.54. The molecule has 17 heavy (non-hydrogen) atoms. The van der Waals surface area contributed by atoms with Crippen LogP contribution in [-0.2, 0) is 0 Å². The van der Waals surface area contributed by atoms with Gasteiger partial charge in [0.15, 0.2) is 0 Å². The summed E-state index contributed by atoms with van der Waals surface area (Å²) in [7, 11) is 0.